The van der Waals surface area contributed by atoms with Gasteiger partial charge in [-0.05, 0) is 36.8 Å². The minimum absolute atomic E-state index is 0.0202. The largest absolute Gasteiger partial charge is 0.416 e. The number of carbonyl (C=O) groups is 2. The van der Waals surface area contributed by atoms with Crippen LogP contribution in [0.3, 0.4) is 0 Å². The maximum Gasteiger partial charge on any atom is 0.416 e. The van der Waals surface area contributed by atoms with Gasteiger partial charge in [-0.25, -0.2) is 0 Å². The van der Waals surface area contributed by atoms with Crippen LogP contribution in [0.2, 0.25) is 5.02 Å². The van der Waals surface area contributed by atoms with Crippen LogP contribution in [0.15, 0.2) is 48.5 Å². The molecule has 3 rings (SSSR count). The predicted molar refractivity (Wildman–Crippen MR) is 99.9 cm³/mol. The van der Waals surface area contributed by atoms with Crippen molar-refractivity contribution in [1.82, 2.24) is 5.32 Å². The molecule has 4 nitrogen and oxygen atoms in total. The SMILES string of the molecule is C[C@H](NC(=O)[C@@H]1CC(=O)N(c2ccccc2Cl)C1)c1cccc(C(F)(F)F)c1. The fourth-order valence-electron chi connectivity index (χ4n) is 3.19. The first-order valence-corrected chi connectivity index (χ1v) is 9.07. The molecule has 28 heavy (non-hydrogen) atoms. The van der Waals surface area contributed by atoms with Gasteiger partial charge in [0, 0.05) is 13.0 Å². The average Bonchev–Trinajstić information content (AvgIpc) is 3.03. The molecule has 0 aliphatic carbocycles. The smallest absolute Gasteiger partial charge is 0.349 e. The number of nitrogens with one attached hydrogen (secondary N) is 1. The summed E-state index contributed by atoms with van der Waals surface area (Å²) in [6, 6.07) is 11.0. The van der Waals surface area contributed by atoms with Crippen molar-refractivity contribution >= 4 is 29.1 Å². The second-order valence-corrected chi connectivity index (χ2v) is 7.12. The first-order chi connectivity index (χ1) is 13.2. The Morgan fingerprint density at radius 2 is 1.93 bits per heavy atom. The van der Waals surface area contributed by atoms with E-state index in [1.165, 1.54) is 17.0 Å². The molecule has 8 heteroatoms. The zero-order valence-electron chi connectivity index (χ0n) is 15.0. The van der Waals surface area contributed by atoms with Crippen LogP contribution >= 0.6 is 11.6 Å². The fraction of sp³-hybridized carbons (Fsp3) is 0.300. The van der Waals surface area contributed by atoms with Crippen LogP contribution in [0.5, 0.6) is 0 Å². The molecule has 1 aliphatic heterocycles. The number of nitrogens with zero attached hydrogens (tertiary/aromatic N) is 1. The van der Waals surface area contributed by atoms with Crippen molar-refractivity contribution in [3.05, 3.63) is 64.7 Å². The summed E-state index contributed by atoms with van der Waals surface area (Å²) in [6.45, 7) is 1.78. The average molecular weight is 411 g/mol. The van der Waals surface area contributed by atoms with E-state index in [0.717, 1.165) is 12.1 Å². The Labute approximate surface area is 165 Å². The molecule has 1 aliphatic rings. The van der Waals surface area contributed by atoms with Crippen LogP contribution in [-0.4, -0.2) is 18.4 Å². The number of para-hydroxylation sites is 1. The Hall–Kier alpha value is -2.54. The topological polar surface area (TPSA) is 49.4 Å². The molecular weight excluding hydrogens is 393 g/mol. The lowest BCUT2D eigenvalue weighted by Crippen LogP contribution is -2.34. The number of amides is 2. The van der Waals surface area contributed by atoms with Crippen molar-refractivity contribution in [3.8, 4) is 0 Å². The second-order valence-electron chi connectivity index (χ2n) is 6.71. The number of halogens is 4. The van der Waals surface area contributed by atoms with Gasteiger partial charge in [-0.15, -0.1) is 0 Å². The van der Waals surface area contributed by atoms with Gasteiger partial charge in [0.15, 0.2) is 0 Å². The number of hydrogen-bond donors (Lipinski definition) is 1. The summed E-state index contributed by atoms with van der Waals surface area (Å²) in [6.07, 6.45) is -4.43. The third-order valence-corrected chi connectivity index (χ3v) is 5.03. The number of anilines is 1. The van der Waals surface area contributed by atoms with E-state index in [-0.39, 0.29) is 24.8 Å². The Balaban J connectivity index is 1.69. The van der Waals surface area contributed by atoms with E-state index in [9.17, 15) is 22.8 Å². The van der Waals surface area contributed by atoms with Gasteiger partial charge in [0.25, 0.3) is 0 Å². The van der Waals surface area contributed by atoms with Gasteiger partial charge >= 0.3 is 6.18 Å². The first kappa shape index (κ1) is 20.2. The van der Waals surface area contributed by atoms with E-state index in [0.29, 0.717) is 16.3 Å². The summed E-state index contributed by atoms with van der Waals surface area (Å²) in [5.74, 6) is -1.20. The van der Waals surface area contributed by atoms with E-state index in [1.54, 1.807) is 31.2 Å². The highest BCUT2D eigenvalue weighted by Gasteiger charge is 2.36. The number of carbonyl (C=O) groups excluding carboxylic acids is 2. The molecule has 1 fully saturated rings. The molecule has 0 saturated carbocycles. The Morgan fingerprint density at radius 3 is 2.61 bits per heavy atom. The van der Waals surface area contributed by atoms with Crippen molar-refractivity contribution in [2.75, 3.05) is 11.4 Å². The summed E-state index contributed by atoms with van der Waals surface area (Å²) < 4.78 is 38.6. The lowest BCUT2D eigenvalue weighted by Gasteiger charge is -2.20. The van der Waals surface area contributed by atoms with Crippen molar-refractivity contribution in [1.29, 1.82) is 0 Å². The molecule has 1 saturated heterocycles. The molecule has 1 heterocycles. The van der Waals surface area contributed by atoms with Gasteiger partial charge in [-0.1, -0.05) is 35.9 Å². The lowest BCUT2D eigenvalue weighted by atomic mass is 10.0. The third-order valence-electron chi connectivity index (χ3n) is 4.71. The lowest BCUT2D eigenvalue weighted by molar-refractivity contribution is -0.137. The molecule has 0 bridgehead atoms. The van der Waals surface area contributed by atoms with Crippen molar-refractivity contribution in [2.45, 2.75) is 25.6 Å². The molecule has 0 spiro atoms. The van der Waals surface area contributed by atoms with Crippen molar-refractivity contribution in [2.24, 2.45) is 5.92 Å². The molecule has 1 N–H and O–H groups in total. The Kier molecular flexibility index (Phi) is 5.65. The molecule has 0 unspecified atom stereocenters. The first-order valence-electron chi connectivity index (χ1n) is 8.69. The number of alkyl halides is 3. The standard InChI is InChI=1S/C20H18ClF3N2O2/c1-12(13-5-4-6-15(9-13)20(22,23)24)25-19(28)14-10-18(27)26(11-14)17-8-3-2-7-16(17)21/h2-9,12,14H,10-11H2,1H3,(H,25,28)/t12-,14+/m0/s1. The molecular formula is C20H18ClF3N2O2. The van der Waals surface area contributed by atoms with E-state index in [4.69, 9.17) is 11.6 Å². The van der Waals surface area contributed by atoms with Crippen LogP contribution in [0, 0.1) is 5.92 Å². The van der Waals surface area contributed by atoms with Gasteiger partial charge in [0.1, 0.15) is 0 Å². The normalized spacial score (nSPS) is 18.2. The molecule has 2 aromatic rings. The van der Waals surface area contributed by atoms with Crippen molar-refractivity contribution in [3.63, 3.8) is 0 Å². The van der Waals surface area contributed by atoms with Gasteiger partial charge < -0.3 is 10.2 Å². The summed E-state index contributed by atoms with van der Waals surface area (Å²) in [5, 5.41) is 3.12. The molecule has 2 atom stereocenters. The fourth-order valence-corrected chi connectivity index (χ4v) is 3.42. The molecule has 148 valence electrons. The molecule has 2 amide bonds. The summed E-state index contributed by atoms with van der Waals surface area (Å²) in [5.41, 5.74) is 0.109. The van der Waals surface area contributed by atoms with Gasteiger partial charge in [-0.2, -0.15) is 13.2 Å². The maximum atomic E-state index is 12.9. The summed E-state index contributed by atoms with van der Waals surface area (Å²) in [7, 11) is 0. The van der Waals surface area contributed by atoms with Crippen LogP contribution < -0.4 is 10.2 Å². The highest BCUT2D eigenvalue weighted by molar-refractivity contribution is 6.33. The minimum atomic E-state index is -4.45. The third kappa shape index (κ3) is 4.30. The number of rotatable bonds is 4. The molecule has 2 aromatic carbocycles. The van der Waals surface area contributed by atoms with Gasteiger partial charge in [0.2, 0.25) is 11.8 Å². The van der Waals surface area contributed by atoms with Crippen LogP contribution in [0.1, 0.15) is 30.5 Å². The van der Waals surface area contributed by atoms with Crippen molar-refractivity contribution < 1.29 is 22.8 Å². The number of hydrogen-bond acceptors (Lipinski definition) is 2. The van der Waals surface area contributed by atoms with E-state index >= 15 is 0 Å². The van der Waals surface area contributed by atoms with E-state index < -0.39 is 23.7 Å². The van der Waals surface area contributed by atoms with Gasteiger partial charge in [-0.3, -0.25) is 9.59 Å². The minimum Gasteiger partial charge on any atom is -0.349 e. The van der Waals surface area contributed by atoms with E-state index in [2.05, 4.69) is 5.32 Å². The summed E-state index contributed by atoms with van der Waals surface area (Å²) >= 11 is 6.13. The highest BCUT2D eigenvalue weighted by atomic mass is 35.5. The zero-order valence-corrected chi connectivity index (χ0v) is 15.7. The molecule has 0 aromatic heterocycles. The van der Waals surface area contributed by atoms with Crippen LogP contribution in [0.25, 0.3) is 0 Å². The quantitative estimate of drug-likeness (QED) is 0.801. The second kappa shape index (κ2) is 7.83. The van der Waals surface area contributed by atoms with Crippen LogP contribution in [0.4, 0.5) is 18.9 Å². The van der Waals surface area contributed by atoms with Crippen LogP contribution in [-0.2, 0) is 15.8 Å². The summed E-state index contributed by atoms with van der Waals surface area (Å²) in [4.78, 5) is 26.3. The molecule has 0 radical (unpaired) electrons. The predicted octanol–water partition coefficient (Wildman–Crippen LogP) is 4.59. The zero-order chi connectivity index (χ0) is 20.5. The Morgan fingerprint density at radius 1 is 1.21 bits per heavy atom. The maximum absolute atomic E-state index is 12.9. The monoisotopic (exact) mass is 410 g/mol. The van der Waals surface area contributed by atoms with E-state index in [1.807, 2.05) is 0 Å². The Bertz CT molecular complexity index is 901. The van der Waals surface area contributed by atoms with Gasteiger partial charge in [0.05, 0.1) is 28.2 Å². The highest BCUT2D eigenvalue weighted by Crippen LogP contribution is 2.32. The number of benzene rings is 2.